The van der Waals surface area contributed by atoms with Crippen molar-refractivity contribution in [2.75, 3.05) is 0 Å². The number of halogens is 2. The Morgan fingerprint density at radius 1 is 1.07 bits per heavy atom. The third-order valence-electron chi connectivity index (χ3n) is 5.76. The van der Waals surface area contributed by atoms with Gasteiger partial charge in [-0.2, -0.15) is 0 Å². The topological polar surface area (TPSA) is 43.4 Å². The lowest BCUT2D eigenvalue weighted by molar-refractivity contribution is -0.160. The standard InChI is InChI=1S/C22H20Cl2O3/c1-3-12-10-13(14-5-7-16(23)17(24)11-14)4-6-15(12)19-20(25)18-8-9-22(2,27-18)21(19)26/h4-7,10-11,18-19H,3,8-9H2,1-2H3/t18-,19?,22+/m0/s1. The van der Waals surface area contributed by atoms with Crippen molar-refractivity contribution in [1.82, 2.24) is 0 Å². The zero-order valence-corrected chi connectivity index (χ0v) is 16.7. The number of carbonyl (C=O) groups excluding carboxylic acids is 2. The van der Waals surface area contributed by atoms with Crippen LogP contribution in [0.2, 0.25) is 10.0 Å². The number of benzene rings is 2. The van der Waals surface area contributed by atoms with Crippen LogP contribution in [0.1, 0.15) is 43.7 Å². The molecule has 140 valence electrons. The summed E-state index contributed by atoms with van der Waals surface area (Å²) in [6.45, 7) is 3.84. The van der Waals surface area contributed by atoms with Crippen molar-refractivity contribution in [3.05, 3.63) is 57.6 Å². The molecule has 0 radical (unpaired) electrons. The molecular weight excluding hydrogens is 383 g/mol. The quantitative estimate of drug-likeness (QED) is 0.645. The van der Waals surface area contributed by atoms with E-state index < -0.39 is 17.6 Å². The predicted molar refractivity (Wildman–Crippen MR) is 107 cm³/mol. The molecule has 0 saturated carbocycles. The zero-order valence-electron chi connectivity index (χ0n) is 15.2. The van der Waals surface area contributed by atoms with Crippen molar-refractivity contribution in [3.8, 4) is 11.1 Å². The molecule has 2 aliphatic heterocycles. The zero-order chi connectivity index (χ0) is 19.3. The molecule has 0 N–H and O–H groups in total. The van der Waals surface area contributed by atoms with Gasteiger partial charge in [0.15, 0.2) is 11.6 Å². The van der Waals surface area contributed by atoms with E-state index in [4.69, 9.17) is 27.9 Å². The highest BCUT2D eigenvalue weighted by Gasteiger charge is 2.55. The second-order valence-corrected chi connectivity index (χ2v) is 8.29. The average molecular weight is 403 g/mol. The third kappa shape index (κ3) is 3.02. The Bertz CT molecular complexity index is 953. The van der Waals surface area contributed by atoms with Gasteiger partial charge in [0.25, 0.3) is 0 Å². The molecule has 1 unspecified atom stereocenters. The minimum absolute atomic E-state index is 0.105. The highest BCUT2D eigenvalue weighted by Crippen LogP contribution is 2.44. The van der Waals surface area contributed by atoms with Crippen LogP contribution >= 0.6 is 23.2 Å². The summed E-state index contributed by atoms with van der Waals surface area (Å²) in [6.07, 6.45) is 1.50. The van der Waals surface area contributed by atoms with Gasteiger partial charge in [-0.25, -0.2) is 0 Å². The number of ether oxygens (including phenoxy) is 1. The van der Waals surface area contributed by atoms with Crippen molar-refractivity contribution in [2.45, 2.75) is 50.7 Å². The molecule has 0 spiro atoms. The van der Waals surface area contributed by atoms with E-state index >= 15 is 0 Å². The van der Waals surface area contributed by atoms with Crippen LogP contribution in [0.15, 0.2) is 36.4 Å². The lowest BCUT2D eigenvalue weighted by atomic mass is 9.78. The molecule has 2 bridgehead atoms. The monoisotopic (exact) mass is 402 g/mol. The second kappa shape index (κ2) is 6.73. The molecule has 2 saturated heterocycles. The third-order valence-corrected chi connectivity index (χ3v) is 6.50. The van der Waals surface area contributed by atoms with Gasteiger partial charge in [-0.05, 0) is 60.6 Å². The van der Waals surface area contributed by atoms with Crippen LogP contribution in [-0.4, -0.2) is 23.3 Å². The van der Waals surface area contributed by atoms with Gasteiger partial charge >= 0.3 is 0 Å². The molecule has 0 aliphatic carbocycles. The Labute approximate surface area is 168 Å². The van der Waals surface area contributed by atoms with E-state index in [0.717, 1.165) is 28.7 Å². The Kier molecular flexibility index (Phi) is 4.66. The fourth-order valence-corrected chi connectivity index (χ4v) is 4.48. The van der Waals surface area contributed by atoms with Crippen LogP contribution in [0.5, 0.6) is 0 Å². The SMILES string of the molecule is CCc1cc(-c2ccc(Cl)c(Cl)c2)ccc1C1C(=O)[C@@H]2CC[C@@](C)(O2)C1=O. The average Bonchev–Trinajstić information content (AvgIpc) is 3.04. The minimum Gasteiger partial charge on any atom is -0.356 e. The maximum Gasteiger partial charge on any atom is 0.179 e. The van der Waals surface area contributed by atoms with E-state index in [1.54, 1.807) is 6.07 Å². The number of fused-ring (bicyclic) bond motifs is 2. The number of carbonyl (C=O) groups is 2. The fourth-order valence-electron chi connectivity index (χ4n) is 4.18. The minimum atomic E-state index is -0.837. The van der Waals surface area contributed by atoms with Gasteiger partial charge in [-0.1, -0.05) is 54.4 Å². The van der Waals surface area contributed by atoms with Crippen LogP contribution in [0.25, 0.3) is 11.1 Å². The number of aryl methyl sites for hydroxylation is 1. The summed E-state index contributed by atoms with van der Waals surface area (Å²) in [5, 5.41) is 1.01. The molecule has 2 aromatic rings. The summed E-state index contributed by atoms with van der Waals surface area (Å²) in [5.41, 5.74) is 2.89. The molecule has 2 heterocycles. The van der Waals surface area contributed by atoms with Gasteiger partial charge in [0, 0.05) is 0 Å². The summed E-state index contributed by atoms with van der Waals surface area (Å²) in [7, 11) is 0. The Balaban J connectivity index is 1.77. The number of rotatable bonds is 3. The second-order valence-electron chi connectivity index (χ2n) is 7.47. The van der Waals surface area contributed by atoms with E-state index in [1.165, 1.54) is 0 Å². The van der Waals surface area contributed by atoms with Gasteiger partial charge in [0.2, 0.25) is 0 Å². The summed E-state index contributed by atoms with van der Waals surface area (Å²) < 4.78 is 5.73. The maximum absolute atomic E-state index is 13.0. The van der Waals surface area contributed by atoms with Gasteiger partial charge in [0.1, 0.15) is 17.6 Å². The van der Waals surface area contributed by atoms with Crippen LogP contribution in [0.3, 0.4) is 0 Å². The van der Waals surface area contributed by atoms with Crippen LogP contribution in [-0.2, 0) is 20.7 Å². The molecule has 3 nitrogen and oxygen atoms in total. The summed E-state index contributed by atoms with van der Waals surface area (Å²) in [6, 6.07) is 11.4. The molecule has 2 fully saturated rings. The van der Waals surface area contributed by atoms with E-state index in [-0.39, 0.29) is 11.6 Å². The van der Waals surface area contributed by atoms with E-state index in [9.17, 15) is 9.59 Å². The number of hydrogen-bond donors (Lipinski definition) is 0. The smallest absolute Gasteiger partial charge is 0.179 e. The first kappa shape index (κ1) is 18.7. The summed E-state index contributed by atoms with van der Waals surface area (Å²) in [5.74, 6) is -0.945. The fraction of sp³-hybridized carbons (Fsp3) is 0.364. The van der Waals surface area contributed by atoms with Gasteiger partial charge in [-0.15, -0.1) is 0 Å². The highest BCUT2D eigenvalue weighted by atomic mass is 35.5. The Morgan fingerprint density at radius 2 is 1.78 bits per heavy atom. The summed E-state index contributed by atoms with van der Waals surface area (Å²) in [4.78, 5) is 25.9. The molecule has 0 amide bonds. The first-order valence-electron chi connectivity index (χ1n) is 9.18. The van der Waals surface area contributed by atoms with Crippen molar-refractivity contribution < 1.29 is 14.3 Å². The molecular formula is C22H20Cl2O3. The Hall–Kier alpha value is -1.68. The maximum atomic E-state index is 13.0. The number of Topliss-reactive ketones (excluding diaryl/α,β-unsaturated/α-hetero) is 2. The summed E-state index contributed by atoms with van der Waals surface area (Å²) >= 11 is 12.2. The molecule has 3 atom stereocenters. The first-order valence-corrected chi connectivity index (χ1v) is 9.94. The molecule has 4 rings (SSSR count). The van der Waals surface area contributed by atoms with Crippen molar-refractivity contribution in [3.63, 3.8) is 0 Å². The van der Waals surface area contributed by atoms with E-state index in [2.05, 4.69) is 0 Å². The van der Waals surface area contributed by atoms with Gasteiger partial charge in [0.05, 0.1) is 10.0 Å². The van der Waals surface area contributed by atoms with Crippen molar-refractivity contribution >= 4 is 34.8 Å². The normalized spacial score (nSPS) is 27.3. The van der Waals surface area contributed by atoms with Gasteiger partial charge in [-0.3, -0.25) is 9.59 Å². The lowest BCUT2D eigenvalue weighted by Crippen LogP contribution is -2.49. The highest BCUT2D eigenvalue weighted by molar-refractivity contribution is 6.42. The molecule has 27 heavy (non-hydrogen) atoms. The van der Waals surface area contributed by atoms with E-state index in [1.807, 2.05) is 44.2 Å². The first-order chi connectivity index (χ1) is 12.8. The number of hydrogen-bond acceptors (Lipinski definition) is 3. The van der Waals surface area contributed by atoms with Gasteiger partial charge < -0.3 is 4.74 Å². The molecule has 5 heteroatoms. The van der Waals surface area contributed by atoms with E-state index in [0.29, 0.717) is 22.9 Å². The molecule has 0 aromatic heterocycles. The van der Waals surface area contributed by atoms with Crippen LogP contribution < -0.4 is 0 Å². The van der Waals surface area contributed by atoms with Crippen molar-refractivity contribution in [2.24, 2.45) is 0 Å². The molecule has 2 aliphatic rings. The molecule has 2 aromatic carbocycles. The number of ketones is 2. The van der Waals surface area contributed by atoms with Crippen molar-refractivity contribution in [1.29, 1.82) is 0 Å². The Morgan fingerprint density at radius 3 is 2.48 bits per heavy atom. The lowest BCUT2D eigenvalue weighted by Gasteiger charge is -2.34. The van der Waals surface area contributed by atoms with Crippen LogP contribution in [0, 0.1) is 0 Å². The van der Waals surface area contributed by atoms with Crippen LogP contribution in [0.4, 0.5) is 0 Å². The predicted octanol–water partition coefficient (Wildman–Crippen LogP) is 5.40. The largest absolute Gasteiger partial charge is 0.356 e.